The van der Waals surface area contributed by atoms with Crippen LogP contribution in [0.2, 0.25) is 36.3 Å². The predicted octanol–water partition coefficient (Wildman–Crippen LogP) is 9.75. The van der Waals surface area contributed by atoms with Crippen LogP contribution in [0, 0.1) is 35.6 Å². The Kier molecular flexibility index (Phi) is 26.3. The number of halogens is 1. The van der Waals surface area contributed by atoms with Gasteiger partial charge >= 0.3 is 31.0 Å². The number of aliphatic hydroxyl groups is 1. The molecule has 1 unspecified atom stereocenters. The number of fused-ring (bicyclic) bond motifs is 2. The number of ether oxygens (including phenoxy) is 3. The summed E-state index contributed by atoms with van der Waals surface area (Å²) in [5.74, 6) is -3.26. The maximum absolute atomic E-state index is 12.8. The Morgan fingerprint density at radius 3 is 1.52 bits per heavy atom. The maximum atomic E-state index is 12.8. The zero-order chi connectivity index (χ0) is 64.0. The molecule has 0 amide bonds. The van der Waals surface area contributed by atoms with Gasteiger partial charge in [0.25, 0.3) is 11.4 Å². The molecular weight excluding hydrogens is 1290 g/mol. The van der Waals surface area contributed by atoms with Gasteiger partial charge in [-0.1, -0.05) is 92.8 Å². The van der Waals surface area contributed by atoms with Gasteiger partial charge in [-0.25, -0.2) is 9.59 Å². The summed E-state index contributed by atoms with van der Waals surface area (Å²) in [6.45, 7) is 28.3. The average Bonchev–Trinajstić information content (AvgIpc) is 1.63. The van der Waals surface area contributed by atoms with Gasteiger partial charge in [0, 0.05) is 28.7 Å². The number of hydroxylamine groups is 4. The van der Waals surface area contributed by atoms with E-state index in [1.807, 2.05) is 31.0 Å². The average molecular weight is 1380 g/mol. The summed E-state index contributed by atoms with van der Waals surface area (Å²) in [4.78, 5) is 80.3. The molecule has 0 bridgehead atoms. The number of aromatic carboxylic acids is 2. The molecule has 0 spiro atoms. The lowest BCUT2D eigenvalue weighted by atomic mass is 9.78. The van der Waals surface area contributed by atoms with Gasteiger partial charge in [-0.05, 0) is 132 Å². The highest BCUT2D eigenvalue weighted by Crippen LogP contribution is 2.44. The molecule has 9 rings (SSSR count). The Bertz CT molecular complexity index is 3100. The zero-order valence-electron chi connectivity index (χ0n) is 50.3. The molecule has 4 aromatic rings. The van der Waals surface area contributed by atoms with Crippen LogP contribution in [0.5, 0.6) is 0 Å². The van der Waals surface area contributed by atoms with Crippen LogP contribution in [-0.2, 0) is 55.4 Å². The quantitative estimate of drug-likeness (QED) is 0.0229. The summed E-state index contributed by atoms with van der Waals surface area (Å²) in [5, 5.41) is 69.7. The number of aliphatic hydroxyl groups excluding tert-OH is 1. The summed E-state index contributed by atoms with van der Waals surface area (Å²) in [7, 11) is -5.93. The van der Waals surface area contributed by atoms with Crippen molar-refractivity contribution in [3.05, 3.63) is 131 Å². The van der Waals surface area contributed by atoms with E-state index in [1.54, 1.807) is 23.3 Å². The number of carbonyl (C=O) groups is 4. The molecule has 88 heavy (non-hydrogen) atoms. The standard InChI is InChI=1S/C27H34N2O8Si.C20H30INO4Si.C7H6BNO6.C4H8O2.2CH4/c1-16-23-22(15-35-38(5,6)27(2,3)4)37-28(24(23)26(32)36-16)14-17-8-7-9-18(12-17)20-11-10-19(25(30)31)13-21(20)29(33)34;1-13-17-16(12-24-27(5,6)20(2,3)4)26-22(18(17)19(23)25-13)11-14-8-7-9-15(21)10-14;10-7(11)4-1-2-5(8(12)13)6(3-4)9(14)15;5-4-2-1-3-6-4;;/h7-13,16,22-24H,14-15H2,1-6H3,(H,30,31);7-10,13,16-18H,11-12H2,1-6H3;1-3,12-13H,(H,10,11);4-5H,1-3H2;2*1H4/t16-,22-,23+,24-;13-,16-,17+,18-;;;;/m00..../s1. The van der Waals surface area contributed by atoms with E-state index in [4.69, 9.17) is 53.0 Å². The molecule has 5 N–H and O–H groups in total. The Morgan fingerprint density at radius 1 is 0.693 bits per heavy atom. The Balaban J connectivity index is 0.000000286. The second-order valence-electron chi connectivity index (χ2n) is 24.7. The minimum Gasteiger partial charge on any atom is -0.478 e. The number of nitro groups is 2. The van der Waals surface area contributed by atoms with E-state index in [2.05, 4.69) is 109 Å². The first-order chi connectivity index (χ1) is 40.0. The number of carboxylic acids is 2. The second kappa shape index (κ2) is 30.9. The Labute approximate surface area is 530 Å². The molecule has 0 aromatic heterocycles. The maximum Gasteiger partial charge on any atom is 0.495 e. The fraction of sp³-hybridized carbons (Fsp3) is 0.533. The number of hydrogen-bond donors (Lipinski definition) is 5. The van der Waals surface area contributed by atoms with Gasteiger partial charge in [-0.15, -0.1) is 0 Å². The molecule has 24 nitrogen and oxygen atoms in total. The number of carbonyl (C=O) groups excluding carboxylic acids is 2. The fourth-order valence-corrected chi connectivity index (χ4v) is 12.5. The van der Waals surface area contributed by atoms with Crippen LogP contribution in [0.4, 0.5) is 11.4 Å². The first-order valence-electron chi connectivity index (χ1n) is 28.1. The predicted molar refractivity (Wildman–Crippen MR) is 342 cm³/mol. The largest absolute Gasteiger partial charge is 0.495 e. The molecule has 5 aliphatic heterocycles. The topological polar surface area (TPSA) is 327 Å². The molecule has 5 saturated heterocycles. The molecule has 5 heterocycles. The lowest BCUT2D eigenvalue weighted by Gasteiger charge is -2.37. The first kappa shape index (κ1) is 74.9. The highest BCUT2D eigenvalue weighted by atomic mass is 127. The van der Waals surface area contributed by atoms with Crippen LogP contribution >= 0.6 is 22.6 Å². The third-order valence-corrected chi connectivity index (χ3v) is 26.3. The van der Waals surface area contributed by atoms with Gasteiger partial charge in [0.15, 0.2) is 22.9 Å². The van der Waals surface area contributed by atoms with Crippen molar-refractivity contribution in [3.63, 3.8) is 0 Å². The van der Waals surface area contributed by atoms with Crippen molar-refractivity contribution in [3.8, 4) is 11.1 Å². The summed E-state index contributed by atoms with van der Waals surface area (Å²) in [6, 6.07) is 21.1. The van der Waals surface area contributed by atoms with E-state index in [9.17, 15) is 44.5 Å². The van der Waals surface area contributed by atoms with Crippen LogP contribution in [-0.4, -0.2) is 156 Å². The molecular formula is C60H86BIN4O20Si2. The molecule has 5 fully saturated rings. The van der Waals surface area contributed by atoms with E-state index in [0.29, 0.717) is 30.9 Å². The number of nitro benzene ring substituents is 2. The summed E-state index contributed by atoms with van der Waals surface area (Å²) < 4.78 is 29.8. The molecule has 484 valence electrons. The van der Waals surface area contributed by atoms with E-state index in [-0.39, 0.29) is 108 Å². The van der Waals surface area contributed by atoms with Crippen LogP contribution in [0.25, 0.3) is 11.1 Å². The van der Waals surface area contributed by atoms with E-state index < -0.39 is 63.6 Å². The third-order valence-electron chi connectivity index (χ3n) is 16.7. The van der Waals surface area contributed by atoms with E-state index in [0.717, 1.165) is 54.8 Å². The number of esters is 2. The lowest BCUT2D eigenvalue weighted by Crippen LogP contribution is -2.44. The normalized spacial score (nSPS) is 23.2. The lowest BCUT2D eigenvalue weighted by molar-refractivity contribution is -0.384. The number of rotatable bonds is 16. The molecule has 0 saturated carbocycles. The Morgan fingerprint density at radius 2 is 1.14 bits per heavy atom. The molecule has 9 atom stereocenters. The third kappa shape index (κ3) is 18.5. The monoisotopic (exact) mass is 1380 g/mol. The van der Waals surface area contributed by atoms with Gasteiger partial charge < -0.3 is 48.4 Å². The minimum absolute atomic E-state index is 0. The van der Waals surface area contributed by atoms with Crippen molar-refractivity contribution in [2.75, 3.05) is 19.8 Å². The molecule has 0 aliphatic carbocycles. The summed E-state index contributed by atoms with van der Waals surface area (Å²) in [6.07, 6.45) is 0.409. The van der Waals surface area contributed by atoms with Crippen LogP contribution in [0.15, 0.2) is 84.9 Å². The zero-order valence-corrected chi connectivity index (χ0v) is 54.5. The highest BCUT2D eigenvalue weighted by Gasteiger charge is 2.58. The van der Waals surface area contributed by atoms with Gasteiger partial charge in [0.05, 0.1) is 70.1 Å². The van der Waals surface area contributed by atoms with E-state index in [1.165, 1.54) is 15.7 Å². The van der Waals surface area contributed by atoms with Gasteiger partial charge in [-0.2, -0.15) is 10.1 Å². The molecule has 4 aromatic carbocycles. The number of nitrogens with zero attached hydrogens (tertiary/aromatic N) is 4. The smallest absolute Gasteiger partial charge is 0.478 e. The van der Waals surface area contributed by atoms with Crippen molar-refractivity contribution in [2.24, 2.45) is 11.8 Å². The van der Waals surface area contributed by atoms with Crippen molar-refractivity contribution in [2.45, 2.75) is 175 Å². The van der Waals surface area contributed by atoms with Gasteiger partial charge in [0.2, 0.25) is 0 Å². The molecule has 0 radical (unpaired) electrons. The second-order valence-corrected chi connectivity index (χ2v) is 35.6. The molecule has 28 heteroatoms. The van der Waals surface area contributed by atoms with Gasteiger partial charge in [0.1, 0.15) is 36.5 Å². The van der Waals surface area contributed by atoms with E-state index >= 15 is 0 Å². The fourth-order valence-electron chi connectivity index (χ4n) is 9.81. The first-order valence-corrected chi connectivity index (χ1v) is 35.0. The number of carboxylic acid groups (broad SMARTS) is 2. The van der Waals surface area contributed by atoms with Crippen LogP contribution < -0.4 is 5.46 Å². The number of cyclic esters (lactones) is 2. The van der Waals surface area contributed by atoms with Crippen molar-refractivity contribution in [1.29, 1.82) is 0 Å². The van der Waals surface area contributed by atoms with Crippen molar-refractivity contribution in [1.82, 2.24) is 10.1 Å². The summed E-state index contributed by atoms with van der Waals surface area (Å²) >= 11 is 2.30. The van der Waals surface area contributed by atoms with Gasteiger partial charge in [-0.3, -0.25) is 39.5 Å². The summed E-state index contributed by atoms with van der Waals surface area (Å²) in [5.41, 5.74) is 1.04. The number of benzene rings is 4. The van der Waals surface area contributed by atoms with Crippen LogP contribution in [0.1, 0.15) is 115 Å². The SMILES string of the molecule is C.C.C[C@@H]1OC(=O)[C@@H]2[C@H]1[C@H](CO[Si](C)(C)C(C)(C)C)ON2Cc1cccc(-c2ccc(C(=O)O)cc2[N+](=O)[O-])c1.C[C@@H]1OC(=O)[C@@H]2[C@H]1[C@H](CO[Si](C)(C)C(C)(C)C)ON2Cc1cccc(I)c1.O=C(O)c1ccc(B(O)O)c([N+](=O)[O-])c1.OC1CCCO1. The van der Waals surface area contributed by atoms with Crippen molar-refractivity contribution >= 4 is 87.1 Å². The highest BCUT2D eigenvalue weighted by molar-refractivity contribution is 14.1. The number of hydrogen-bond acceptors (Lipinski definition) is 20. The minimum atomic E-state index is -2.04. The Hall–Kier alpha value is -5.61. The van der Waals surface area contributed by atoms with Crippen molar-refractivity contribution < 1.29 is 87.1 Å². The van der Waals surface area contributed by atoms with Crippen LogP contribution in [0.3, 0.4) is 0 Å². The molecule has 5 aliphatic rings.